The number of fused-ring (bicyclic) bond motifs is 4. The Labute approximate surface area is 198 Å². The summed E-state index contributed by atoms with van der Waals surface area (Å²) in [6.07, 6.45) is 6.36. The van der Waals surface area contributed by atoms with E-state index in [9.17, 15) is 9.59 Å². The number of likely N-dealkylation sites (tertiary alicyclic amines) is 1. The monoisotopic (exact) mass is 456 g/mol. The molecule has 0 saturated carbocycles. The van der Waals surface area contributed by atoms with Crippen molar-refractivity contribution in [3.63, 3.8) is 0 Å². The number of nitrogens with one attached hydrogen (secondary N) is 1. The van der Waals surface area contributed by atoms with Gasteiger partial charge < -0.3 is 24.8 Å². The first-order valence-corrected chi connectivity index (χ1v) is 12.8. The summed E-state index contributed by atoms with van der Waals surface area (Å²) in [6, 6.07) is 9.98. The molecule has 1 spiro atoms. The number of carbonyl (C=O) groups is 2. The Hall–Kier alpha value is -2.28. The molecule has 5 rings (SSSR count). The summed E-state index contributed by atoms with van der Waals surface area (Å²) >= 11 is 0. The second kappa shape index (κ2) is 9.16. The molecule has 3 fully saturated rings. The summed E-state index contributed by atoms with van der Waals surface area (Å²) in [5, 5.41) is 3.00. The second-order valence-corrected chi connectivity index (χ2v) is 10.3. The lowest BCUT2D eigenvalue weighted by molar-refractivity contribution is 0.0220. The number of piperidine rings is 2. The first-order chi connectivity index (χ1) is 16.0. The maximum Gasteiger partial charge on any atom is 0.410 e. The van der Waals surface area contributed by atoms with Gasteiger partial charge in [-0.2, -0.15) is 0 Å². The van der Waals surface area contributed by atoms with Crippen molar-refractivity contribution >= 4 is 12.1 Å². The lowest BCUT2D eigenvalue weighted by atomic mass is 9.68. The van der Waals surface area contributed by atoms with Crippen molar-refractivity contribution in [2.75, 3.05) is 32.8 Å². The van der Waals surface area contributed by atoms with Gasteiger partial charge in [-0.3, -0.25) is 0 Å². The molecule has 33 heavy (non-hydrogen) atoms. The topological polar surface area (TPSA) is 65.1 Å². The van der Waals surface area contributed by atoms with Crippen LogP contribution >= 0.6 is 0 Å². The van der Waals surface area contributed by atoms with E-state index in [1.165, 1.54) is 11.1 Å². The summed E-state index contributed by atoms with van der Waals surface area (Å²) in [4.78, 5) is 31.9. The largest absolute Gasteiger partial charge is 0.450 e. The summed E-state index contributed by atoms with van der Waals surface area (Å²) in [6.45, 7) is 8.57. The van der Waals surface area contributed by atoms with Crippen LogP contribution in [0.5, 0.6) is 0 Å². The molecular formula is C26H40N4O3. The fourth-order valence-corrected chi connectivity index (χ4v) is 6.98. The predicted molar refractivity (Wildman–Crippen MR) is 129 cm³/mol. The molecule has 3 amide bonds. The number of rotatable bonds is 3. The Kier molecular flexibility index (Phi) is 6.25. The van der Waals surface area contributed by atoms with E-state index < -0.39 is 0 Å². The zero-order valence-electron chi connectivity index (χ0n) is 20.1. The van der Waals surface area contributed by atoms with Crippen LogP contribution in [0.15, 0.2) is 24.3 Å². The minimum atomic E-state index is -0.120. The lowest BCUT2D eigenvalue weighted by Gasteiger charge is -2.51. The SMILES string of the molecule is CCNC(=O)N1Cc2ccccc2C2(CCN(C3CC4CCC(C3)N4C(=O)OCC)CC2)C1.[HH]. The smallest absolute Gasteiger partial charge is 0.410 e. The first kappa shape index (κ1) is 22.5. The molecule has 2 bridgehead atoms. The number of urea groups is 1. The van der Waals surface area contributed by atoms with Crippen molar-refractivity contribution in [3.05, 3.63) is 35.4 Å². The third kappa shape index (κ3) is 4.09. The quantitative estimate of drug-likeness (QED) is 0.748. The minimum Gasteiger partial charge on any atom is -0.450 e. The van der Waals surface area contributed by atoms with E-state index in [1.807, 2.05) is 23.6 Å². The third-order valence-electron chi connectivity index (χ3n) is 8.52. The van der Waals surface area contributed by atoms with Gasteiger partial charge in [-0.15, -0.1) is 0 Å². The maximum absolute atomic E-state index is 12.7. The number of hydrogen-bond donors (Lipinski definition) is 1. The zero-order valence-corrected chi connectivity index (χ0v) is 20.1. The number of amides is 3. The van der Waals surface area contributed by atoms with Crippen molar-refractivity contribution in [3.8, 4) is 0 Å². The second-order valence-electron chi connectivity index (χ2n) is 10.3. The van der Waals surface area contributed by atoms with Gasteiger partial charge in [0, 0.05) is 44.6 Å². The molecule has 4 heterocycles. The van der Waals surface area contributed by atoms with Gasteiger partial charge >= 0.3 is 12.1 Å². The molecule has 0 aromatic heterocycles. The van der Waals surface area contributed by atoms with Crippen molar-refractivity contribution in [2.24, 2.45) is 0 Å². The molecule has 0 aliphatic carbocycles. The molecule has 4 aliphatic rings. The Bertz CT molecular complexity index is 875. The van der Waals surface area contributed by atoms with Crippen LogP contribution in [0.25, 0.3) is 0 Å². The van der Waals surface area contributed by atoms with E-state index >= 15 is 0 Å². The molecule has 1 N–H and O–H groups in total. The lowest BCUT2D eigenvalue weighted by Crippen LogP contribution is -2.58. The molecule has 4 aliphatic heterocycles. The molecule has 0 radical (unpaired) electrons. The van der Waals surface area contributed by atoms with Gasteiger partial charge in [0.25, 0.3) is 0 Å². The predicted octanol–water partition coefficient (Wildman–Crippen LogP) is 3.96. The Morgan fingerprint density at radius 2 is 1.79 bits per heavy atom. The van der Waals surface area contributed by atoms with Crippen molar-refractivity contribution < 1.29 is 15.8 Å². The molecule has 1 aromatic carbocycles. The van der Waals surface area contributed by atoms with E-state index in [0.29, 0.717) is 37.8 Å². The number of benzene rings is 1. The van der Waals surface area contributed by atoms with Crippen LogP contribution in [0.2, 0.25) is 0 Å². The number of carbonyl (C=O) groups excluding carboxylic acids is 2. The molecule has 182 valence electrons. The molecular weight excluding hydrogens is 416 g/mol. The van der Waals surface area contributed by atoms with Crippen molar-refractivity contribution in [2.45, 2.75) is 82.5 Å². The van der Waals surface area contributed by atoms with E-state index in [2.05, 4.69) is 34.5 Å². The van der Waals surface area contributed by atoms with Gasteiger partial charge in [0.2, 0.25) is 0 Å². The molecule has 2 unspecified atom stereocenters. The summed E-state index contributed by atoms with van der Waals surface area (Å²) in [5.41, 5.74) is 2.78. The molecule has 7 heteroatoms. The maximum atomic E-state index is 12.7. The van der Waals surface area contributed by atoms with Gasteiger partial charge in [-0.25, -0.2) is 9.59 Å². The first-order valence-electron chi connectivity index (χ1n) is 12.8. The molecule has 2 atom stereocenters. The van der Waals surface area contributed by atoms with Crippen LogP contribution in [0.4, 0.5) is 9.59 Å². The highest BCUT2D eigenvalue weighted by Crippen LogP contribution is 2.44. The van der Waals surface area contributed by atoms with Gasteiger partial charge in [0.05, 0.1) is 6.61 Å². The highest BCUT2D eigenvalue weighted by atomic mass is 16.6. The summed E-state index contributed by atoms with van der Waals surface area (Å²) in [7, 11) is 0. The van der Waals surface area contributed by atoms with Gasteiger partial charge in [0.1, 0.15) is 0 Å². The molecule has 1 aromatic rings. The van der Waals surface area contributed by atoms with E-state index in [-0.39, 0.29) is 19.0 Å². The zero-order chi connectivity index (χ0) is 23.0. The van der Waals surface area contributed by atoms with Crippen molar-refractivity contribution in [1.29, 1.82) is 0 Å². The Morgan fingerprint density at radius 1 is 1.09 bits per heavy atom. The van der Waals surface area contributed by atoms with Gasteiger partial charge in [-0.05, 0) is 76.6 Å². The van der Waals surface area contributed by atoms with Crippen LogP contribution in [-0.2, 0) is 16.7 Å². The number of ether oxygens (including phenoxy) is 1. The number of hydrogen-bond acceptors (Lipinski definition) is 4. The average Bonchev–Trinajstić information content (AvgIpc) is 3.09. The van der Waals surface area contributed by atoms with Crippen LogP contribution in [0, 0.1) is 0 Å². The van der Waals surface area contributed by atoms with Crippen molar-refractivity contribution in [1.82, 2.24) is 20.0 Å². The number of nitrogens with zero attached hydrogens (tertiary/aromatic N) is 3. The van der Waals surface area contributed by atoms with E-state index in [1.54, 1.807) is 0 Å². The molecule has 3 saturated heterocycles. The van der Waals surface area contributed by atoms with Gasteiger partial charge in [-0.1, -0.05) is 24.3 Å². The summed E-state index contributed by atoms with van der Waals surface area (Å²) < 4.78 is 5.33. The highest BCUT2D eigenvalue weighted by Gasteiger charge is 2.48. The fraction of sp³-hybridized carbons (Fsp3) is 0.692. The fourth-order valence-electron chi connectivity index (χ4n) is 6.98. The Balaban J connectivity index is 0.00000274. The standard InChI is InChI=1S/C26H38N4O3.H2/c1-3-27-24(31)29-17-19-7-5-6-8-23(19)26(18-29)11-13-28(14-12-26)22-15-20-9-10-21(16-22)30(20)25(32)33-4-2;/h5-8,20-22H,3-4,9-18H2,1-2H3,(H,27,31);1H. The van der Waals surface area contributed by atoms with Crippen LogP contribution < -0.4 is 5.32 Å². The van der Waals surface area contributed by atoms with E-state index in [4.69, 9.17) is 4.74 Å². The normalized spacial score (nSPS) is 28.5. The Morgan fingerprint density at radius 3 is 2.45 bits per heavy atom. The van der Waals surface area contributed by atoms with E-state index in [0.717, 1.165) is 58.2 Å². The molecule has 7 nitrogen and oxygen atoms in total. The third-order valence-corrected chi connectivity index (χ3v) is 8.52. The van der Waals surface area contributed by atoms with Crippen LogP contribution in [0.1, 0.15) is 64.9 Å². The van der Waals surface area contributed by atoms with Crippen LogP contribution in [0.3, 0.4) is 0 Å². The summed E-state index contributed by atoms with van der Waals surface area (Å²) in [5.74, 6) is 0. The average molecular weight is 457 g/mol. The van der Waals surface area contributed by atoms with Crippen LogP contribution in [-0.4, -0.2) is 77.7 Å². The van der Waals surface area contributed by atoms with Gasteiger partial charge in [0.15, 0.2) is 0 Å². The minimum absolute atomic E-state index is 0. The highest BCUT2D eigenvalue weighted by molar-refractivity contribution is 5.75.